The Balaban J connectivity index is 1.48. The SMILES string of the molecule is CCCNC1CC2CCC(C1)N2CCC1=CCCC1. The number of hydrogen-bond donors (Lipinski definition) is 1. The lowest BCUT2D eigenvalue weighted by molar-refractivity contribution is 0.118. The number of hydrogen-bond acceptors (Lipinski definition) is 2. The summed E-state index contributed by atoms with van der Waals surface area (Å²) in [5, 5.41) is 3.75. The van der Waals surface area contributed by atoms with Gasteiger partial charge in [0, 0.05) is 24.7 Å². The van der Waals surface area contributed by atoms with Gasteiger partial charge in [-0.05, 0) is 64.3 Å². The van der Waals surface area contributed by atoms with E-state index in [1.807, 2.05) is 0 Å². The zero-order valence-corrected chi connectivity index (χ0v) is 12.5. The van der Waals surface area contributed by atoms with Gasteiger partial charge in [0.15, 0.2) is 0 Å². The molecular weight excluding hydrogens is 232 g/mol. The highest BCUT2D eigenvalue weighted by Crippen LogP contribution is 2.36. The molecule has 2 atom stereocenters. The summed E-state index contributed by atoms with van der Waals surface area (Å²) >= 11 is 0. The van der Waals surface area contributed by atoms with Crippen LogP contribution in [0.25, 0.3) is 0 Å². The van der Waals surface area contributed by atoms with Crippen molar-refractivity contribution in [2.24, 2.45) is 0 Å². The lowest BCUT2D eigenvalue weighted by Crippen LogP contribution is -2.49. The van der Waals surface area contributed by atoms with Crippen molar-refractivity contribution in [3.8, 4) is 0 Å². The molecule has 1 N–H and O–H groups in total. The van der Waals surface area contributed by atoms with Gasteiger partial charge < -0.3 is 5.32 Å². The second-order valence-electron chi connectivity index (χ2n) is 6.75. The van der Waals surface area contributed by atoms with Crippen molar-refractivity contribution in [2.75, 3.05) is 13.1 Å². The predicted octanol–water partition coefficient (Wildman–Crippen LogP) is 3.48. The van der Waals surface area contributed by atoms with Gasteiger partial charge in [-0.3, -0.25) is 4.90 Å². The van der Waals surface area contributed by atoms with Gasteiger partial charge in [0.1, 0.15) is 0 Å². The number of rotatable bonds is 6. The minimum absolute atomic E-state index is 0.805. The fraction of sp³-hybridized carbons (Fsp3) is 0.882. The molecule has 0 aromatic carbocycles. The molecule has 2 heterocycles. The molecule has 3 aliphatic rings. The van der Waals surface area contributed by atoms with Crippen molar-refractivity contribution in [2.45, 2.75) is 82.8 Å². The van der Waals surface area contributed by atoms with E-state index in [0.717, 1.165) is 18.1 Å². The van der Waals surface area contributed by atoms with Crippen LogP contribution in [0, 0.1) is 0 Å². The molecule has 108 valence electrons. The normalized spacial score (nSPS) is 34.8. The molecule has 1 aliphatic carbocycles. The van der Waals surface area contributed by atoms with Gasteiger partial charge in [0.2, 0.25) is 0 Å². The Morgan fingerprint density at radius 1 is 1.26 bits per heavy atom. The topological polar surface area (TPSA) is 15.3 Å². The van der Waals surface area contributed by atoms with Gasteiger partial charge in [0.05, 0.1) is 0 Å². The Morgan fingerprint density at radius 3 is 2.68 bits per heavy atom. The Kier molecular flexibility index (Phi) is 4.60. The van der Waals surface area contributed by atoms with Crippen molar-refractivity contribution >= 4 is 0 Å². The molecular formula is C17H30N2. The third-order valence-corrected chi connectivity index (χ3v) is 5.39. The fourth-order valence-corrected chi connectivity index (χ4v) is 4.39. The van der Waals surface area contributed by atoms with Crippen molar-refractivity contribution in [3.05, 3.63) is 11.6 Å². The smallest absolute Gasteiger partial charge is 0.0114 e. The molecule has 3 rings (SSSR count). The second-order valence-corrected chi connectivity index (χ2v) is 6.75. The van der Waals surface area contributed by atoms with E-state index < -0.39 is 0 Å². The first-order chi connectivity index (χ1) is 9.36. The molecule has 0 amide bonds. The lowest BCUT2D eigenvalue weighted by Gasteiger charge is -2.39. The molecule has 0 aromatic heterocycles. The van der Waals surface area contributed by atoms with Crippen molar-refractivity contribution in [3.63, 3.8) is 0 Å². The third-order valence-electron chi connectivity index (χ3n) is 5.39. The number of fused-ring (bicyclic) bond motifs is 2. The van der Waals surface area contributed by atoms with Crippen LogP contribution in [-0.2, 0) is 0 Å². The van der Waals surface area contributed by atoms with Crippen molar-refractivity contribution in [1.29, 1.82) is 0 Å². The van der Waals surface area contributed by atoms with Crippen LogP contribution in [0.4, 0.5) is 0 Å². The van der Waals surface area contributed by atoms with Crippen LogP contribution >= 0.6 is 0 Å². The van der Waals surface area contributed by atoms with Gasteiger partial charge in [-0.2, -0.15) is 0 Å². The average molecular weight is 262 g/mol. The predicted molar refractivity (Wildman–Crippen MR) is 81.4 cm³/mol. The van der Waals surface area contributed by atoms with Gasteiger partial charge in [0.25, 0.3) is 0 Å². The van der Waals surface area contributed by atoms with Crippen LogP contribution in [0.5, 0.6) is 0 Å². The molecule has 2 fully saturated rings. The van der Waals surface area contributed by atoms with Crippen LogP contribution in [0.15, 0.2) is 11.6 Å². The van der Waals surface area contributed by atoms with E-state index in [9.17, 15) is 0 Å². The maximum absolute atomic E-state index is 3.75. The third kappa shape index (κ3) is 3.22. The molecule has 19 heavy (non-hydrogen) atoms. The Morgan fingerprint density at radius 2 is 2.05 bits per heavy atom. The van der Waals surface area contributed by atoms with E-state index in [2.05, 4.69) is 23.2 Å². The van der Waals surface area contributed by atoms with Gasteiger partial charge in [-0.15, -0.1) is 0 Å². The Labute approximate surface area is 118 Å². The number of nitrogens with one attached hydrogen (secondary N) is 1. The zero-order chi connectivity index (χ0) is 13.1. The van der Waals surface area contributed by atoms with E-state index in [0.29, 0.717) is 0 Å². The van der Waals surface area contributed by atoms with Gasteiger partial charge in [-0.25, -0.2) is 0 Å². The minimum atomic E-state index is 0.805. The Hall–Kier alpha value is -0.340. The first-order valence-electron chi connectivity index (χ1n) is 8.54. The standard InChI is InChI=1S/C17H30N2/c1-2-10-18-15-12-16-7-8-17(13-15)19(16)11-9-14-5-3-4-6-14/h5,15-18H,2-4,6-13H2,1H3. The van der Waals surface area contributed by atoms with E-state index in [4.69, 9.17) is 0 Å². The molecule has 2 nitrogen and oxygen atoms in total. The summed E-state index contributed by atoms with van der Waals surface area (Å²) in [6.07, 6.45) is 14.9. The highest BCUT2D eigenvalue weighted by molar-refractivity contribution is 5.08. The number of nitrogens with zero attached hydrogens (tertiary/aromatic N) is 1. The van der Waals surface area contributed by atoms with E-state index >= 15 is 0 Å². The van der Waals surface area contributed by atoms with Crippen LogP contribution in [0.3, 0.4) is 0 Å². The molecule has 2 bridgehead atoms. The van der Waals surface area contributed by atoms with Crippen LogP contribution in [0.1, 0.15) is 64.7 Å². The average Bonchev–Trinajstić information content (AvgIpc) is 3.01. The van der Waals surface area contributed by atoms with Crippen molar-refractivity contribution < 1.29 is 0 Å². The maximum Gasteiger partial charge on any atom is 0.0114 e. The van der Waals surface area contributed by atoms with Crippen LogP contribution < -0.4 is 5.32 Å². The van der Waals surface area contributed by atoms with Gasteiger partial charge in [-0.1, -0.05) is 18.6 Å². The molecule has 0 spiro atoms. The summed E-state index contributed by atoms with van der Waals surface area (Å²) < 4.78 is 0. The summed E-state index contributed by atoms with van der Waals surface area (Å²) in [5.74, 6) is 0. The van der Waals surface area contributed by atoms with E-state index in [-0.39, 0.29) is 0 Å². The summed E-state index contributed by atoms with van der Waals surface area (Å²) in [6, 6.07) is 2.57. The molecule has 0 radical (unpaired) electrons. The van der Waals surface area contributed by atoms with Crippen LogP contribution in [0.2, 0.25) is 0 Å². The summed E-state index contributed by atoms with van der Waals surface area (Å²) in [6.45, 7) is 4.81. The largest absolute Gasteiger partial charge is 0.314 e. The monoisotopic (exact) mass is 262 g/mol. The number of allylic oxidation sites excluding steroid dienone is 1. The molecule has 2 aliphatic heterocycles. The summed E-state index contributed by atoms with van der Waals surface area (Å²) in [4.78, 5) is 2.85. The van der Waals surface area contributed by atoms with Crippen molar-refractivity contribution in [1.82, 2.24) is 10.2 Å². The lowest BCUT2D eigenvalue weighted by atomic mass is 9.96. The number of piperidine rings is 1. The summed E-state index contributed by atoms with van der Waals surface area (Å²) in [7, 11) is 0. The second kappa shape index (κ2) is 6.41. The first kappa shape index (κ1) is 13.6. The molecule has 2 heteroatoms. The fourth-order valence-electron chi connectivity index (χ4n) is 4.39. The van der Waals surface area contributed by atoms with Crippen LogP contribution in [-0.4, -0.2) is 36.1 Å². The molecule has 2 unspecified atom stereocenters. The van der Waals surface area contributed by atoms with Gasteiger partial charge >= 0.3 is 0 Å². The highest BCUT2D eigenvalue weighted by atomic mass is 15.2. The minimum Gasteiger partial charge on any atom is -0.314 e. The quantitative estimate of drug-likeness (QED) is 0.737. The molecule has 0 saturated carbocycles. The first-order valence-corrected chi connectivity index (χ1v) is 8.54. The molecule has 0 aromatic rings. The highest BCUT2D eigenvalue weighted by Gasteiger charge is 2.39. The summed E-state index contributed by atoms with van der Waals surface area (Å²) in [5.41, 5.74) is 1.74. The maximum atomic E-state index is 3.75. The Bertz CT molecular complexity index is 309. The zero-order valence-electron chi connectivity index (χ0n) is 12.5. The van der Waals surface area contributed by atoms with E-state index in [1.54, 1.807) is 5.57 Å². The van der Waals surface area contributed by atoms with E-state index in [1.165, 1.54) is 70.9 Å². The molecule has 2 saturated heterocycles.